The first kappa shape index (κ1) is 22.3. The minimum atomic E-state index is -3.99. The minimum absolute atomic E-state index is 0.0113. The van der Waals surface area contributed by atoms with Gasteiger partial charge in [0.2, 0.25) is 15.9 Å². The van der Waals surface area contributed by atoms with Crippen LogP contribution >= 0.6 is 11.6 Å². The minimum Gasteiger partial charge on any atom is -0.340 e. The lowest BCUT2D eigenvalue weighted by Crippen LogP contribution is -2.50. The average molecular weight is 457 g/mol. The van der Waals surface area contributed by atoms with Gasteiger partial charge in [0.25, 0.3) is 0 Å². The molecule has 0 bridgehead atoms. The molecule has 0 saturated carbocycles. The van der Waals surface area contributed by atoms with Crippen LogP contribution in [0.15, 0.2) is 47.4 Å². The number of carbonyl (C=O) groups is 2. The number of amides is 1. The van der Waals surface area contributed by atoms with Crippen molar-refractivity contribution < 1.29 is 26.8 Å². The lowest BCUT2D eigenvalue weighted by Gasteiger charge is -2.34. The fraction of sp³-hybridized carbons (Fsp3) is 0.300. The highest BCUT2D eigenvalue weighted by atomic mass is 35.5. The molecule has 1 saturated heterocycles. The summed E-state index contributed by atoms with van der Waals surface area (Å²) in [5, 5.41) is 0.513. The molecule has 1 fully saturated rings. The molecule has 1 amide bonds. The molecule has 0 atom stereocenters. The first-order chi connectivity index (χ1) is 14.2. The second-order valence-corrected chi connectivity index (χ2v) is 9.17. The van der Waals surface area contributed by atoms with E-state index in [1.54, 1.807) is 24.3 Å². The Morgan fingerprint density at radius 1 is 0.900 bits per heavy atom. The number of hydrogen-bond acceptors (Lipinski definition) is 4. The van der Waals surface area contributed by atoms with Crippen molar-refractivity contribution in [2.45, 2.75) is 17.7 Å². The molecule has 10 heteroatoms. The summed E-state index contributed by atoms with van der Waals surface area (Å²) in [7, 11) is -3.99. The van der Waals surface area contributed by atoms with Gasteiger partial charge in [-0.1, -0.05) is 11.6 Å². The van der Waals surface area contributed by atoms with Crippen LogP contribution in [0.4, 0.5) is 8.78 Å². The van der Waals surface area contributed by atoms with Crippen LogP contribution in [0.5, 0.6) is 0 Å². The van der Waals surface area contributed by atoms with Gasteiger partial charge in [0.1, 0.15) is 0 Å². The van der Waals surface area contributed by atoms with Crippen molar-refractivity contribution in [2.75, 3.05) is 26.2 Å². The van der Waals surface area contributed by atoms with E-state index in [0.29, 0.717) is 16.7 Å². The number of carbonyl (C=O) groups excluding carboxylic acids is 2. The highest BCUT2D eigenvalue weighted by Crippen LogP contribution is 2.20. The van der Waals surface area contributed by atoms with E-state index in [0.717, 1.165) is 16.4 Å². The van der Waals surface area contributed by atoms with Crippen molar-refractivity contribution in [1.29, 1.82) is 0 Å². The Morgan fingerprint density at radius 2 is 1.53 bits per heavy atom. The van der Waals surface area contributed by atoms with E-state index < -0.39 is 21.7 Å². The largest absolute Gasteiger partial charge is 0.340 e. The van der Waals surface area contributed by atoms with E-state index in [-0.39, 0.29) is 55.6 Å². The zero-order chi connectivity index (χ0) is 21.9. The number of rotatable bonds is 6. The Bertz CT molecular complexity index is 1050. The molecule has 0 aromatic heterocycles. The number of halogens is 3. The highest BCUT2D eigenvalue weighted by molar-refractivity contribution is 7.89. The Kier molecular flexibility index (Phi) is 6.84. The first-order valence-corrected chi connectivity index (χ1v) is 11.0. The van der Waals surface area contributed by atoms with Crippen LogP contribution in [-0.2, 0) is 14.8 Å². The summed E-state index contributed by atoms with van der Waals surface area (Å²) in [6.45, 7) is 0.351. The molecule has 0 radical (unpaired) electrons. The molecule has 160 valence electrons. The molecule has 6 nitrogen and oxygen atoms in total. The molecule has 0 N–H and O–H groups in total. The average Bonchev–Trinajstić information content (AvgIpc) is 2.74. The normalized spacial score (nSPS) is 15.2. The molecule has 1 heterocycles. The van der Waals surface area contributed by atoms with E-state index >= 15 is 0 Å². The topological polar surface area (TPSA) is 74.8 Å². The second-order valence-electron chi connectivity index (χ2n) is 6.79. The van der Waals surface area contributed by atoms with Gasteiger partial charge >= 0.3 is 0 Å². The Labute approximate surface area is 178 Å². The van der Waals surface area contributed by atoms with Gasteiger partial charge in [-0.3, -0.25) is 9.59 Å². The predicted molar refractivity (Wildman–Crippen MR) is 107 cm³/mol. The van der Waals surface area contributed by atoms with E-state index in [9.17, 15) is 26.8 Å². The third-order valence-electron chi connectivity index (χ3n) is 4.85. The van der Waals surface area contributed by atoms with Crippen molar-refractivity contribution >= 4 is 33.3 Å². The monoisotopic (exact) mass is 456 g/mol. The molecule has 0 aliphatic carbocycles. The van der Waals surface area contributed by atoms with Gasteiger partial charge in [-0.15, -0.1) is 0 Å². The molecule has 2 aromatic rings. The van der Waals surface area contributed by atoms with Gasteiger partial charge in [-0.25, -0.2) is 17.2 Å². The van der Waals surface area contributed by atoms with Gasteiger partial charge < -0.3 is 4.90 Å². The number of piperazine rings is 1. The third-order valence-corrected chi connectivity index (χ3v) is 7.00. The van der Waals surface area contributed by atoms with Crippen molar-refractivity contribution in [3.63, 3.8) is 0 Å². The lowest BCUT2D eigenvalue weighted by atomic mass is 10.1. The predicted octanol–water partition coefficient (Wildman–Crippen LogP) is 3.11. The van der Waals surface area contributed by atoms with Crippen molar-refractivity contribution in [2.24, 2.45) is 0 Å². The summed E-state index contributed by atoms with van der Waals surface area (Å²) in [5.74, 6) is -2.80. The standard InChI is InChI=1S/C20H19ClF2N2O4S/c21-15-3-1-14(2-4-15)19(26)7-8-20(27)24-9-11-25(12-10-24)30(28,29)16-5-6-17(22)18(23)13-16/h1-6,13H,7-12H2. The van der Waals surface area contributed by atoms with Crippen molar-refractivity contribution in [3.8, 4) is 0 Å². The zero-order valence-electron chi connectivity index (χ0n) is 15.9. The van der Waals surface area contributed by atoms with Crippen LogP contribution in [0.25, 0.3) is 0 Å². The van der Waals surface area contributed by atoms with E-state index in [4.69, 9.17) is 11.6 Å². The van der Waals surface area contributed by atoms with Crippen LogP contribution in [0.1, 0.15) is 23.2 Å². The molecular formula is C20H19ClF2N2O4S. The fourth-order valence-electron chi connectivity index (χ4n) is 3.12. The molecule has 30 heavy (non-hydrogen) atoms. The molecule has 0 unspecified atom stereocenters. The molecule has 2 aromatic carbocycles. The third kappa shape index (κ3) is 5.03. The number of Topliss-reactive ketones (excluding diaryl/α,β-unsaturated/α-hetero) is 1. The molecule has 1 aliphatic heterocycles. The summed E-state index contributed by atoms with van der Waals surface area (Å²) in [5.41, 5.74) is 0.467. The van der Waals surface area contributed by atoms with Crippen LogP contribution < -0.4 is 0 Å². The molecular weight excluding hydrogens is 438 g/mol. The summed E-state index contributed by atoms with van der Waals surface area (Å²) < 4.78 is 52.8. The van der Waals surface area contributed by atoms with Crippen LogP contribution in [0.3, 0.4) is 0 Å². The number of ketones is 1. The van der Waals surface area contributed by atoms with Gasteiger partial charge in [0.05, 0.1) is 4.90 Å². The number of hydrogen-bond donors (Lipinski definition) is 0. The summed E-state index contributed by atoms with van der Waals surface area (Å²) >= 11 is 5.79. The number of benzene rings is 2. The van der Waals surface area contributed by atoms with E-state index in [2.05, 4.69) is 0 Å². The smallest absolute Gasteiger partial charge is 0.243 e. The van der Waals surface area contributed by atoms with Gasteiger partial charge in [-0.05, 0) is 42.5 Å². The SMILES string of the molecule is O=C(CCC(=O)N1CCN(S(=O)(=O)c2ccc(F)c(F)c2)CC1)c1ccc(Cl)cc1. The molecule has 3 rings (SSSR count). The number of sulfonamides is 1. The summed E-state index contributed by atoms with van der Waals surface area (Å²) in [6, 6.07) is 8.80. The molecule has 0 spiro atoms. The Morgan fingerprint density at radius 3 is 2.13 bits per heavy atom. The highest BCUT2D eigenvalue weighted by Gasteiger charge is 2.30. The maximum Gasteiger partial charge on any atom is 0.243 e. The quantitative estimate of drug-likeness (QED) is 0.626. The second kappa shape index (κ2) is 9.20. The van der Waals surface area contributed by atoms with Crippen LogP contribution in [0, 0.1) is 11.6 Å². The van der Waals surface area contributed by atoms with E-state index in [1.165, 1.54) is 4.90 Å². The maximum atomic E-state index is 13.4. The van der Waals surface area contributed by atoms with Gasteiger partial charge in [-0.2, -0.15) is 4.31 Å². The van der Waals surface area contributed by atoms with E-state index in [1.807, 2.05) is 0 Å². The maximum absolute atomic E-state index is 13.4. The van der Waals surface area contributed by atoms with Crippen molar-refractivity contribution in [3.05, 3.63) is 64.7 Å². The van der Waals surface area contributed by atoms with Crippen LogP contribution in [-0.4, -0.2) is 55.5 Å². The van der Waals surface area contributed by atoms with Gasteiger partial charge in [0, 0.05) is 49.6 Å². The lowest BCUT2D eigenvalue weighted by molar-refractivity contribution is -0.132. The molecule has 1 aliphatic rings. The van der Waals surface area contributed by atoms with Crippen LogP contribution in [0.2, 0.25) is 5.02 Å². The van der Waals surface area contributed by atoms with Crippen molar-refractivity contribution in [1.82, 2.24) is 9.21 Å². The summed E-state index contributed by atoms with van der Waals surface area (Å²) in [4.78, 5) is 25.7. The summed E-state index contributed by atoms with van der Waals surface area (Å²) in [6.07, 6.45) is 0.0468. The Hall–Kier alpha value is -2.36. The first-order valence-electron chi connectivity index (χ1n) is 9.20. The fourth-order valence-corrected chi connectivity index (χ4v) is 4.68. The number of nitrogens with zero attached hydrogens (tertiary/aromatic N) is 2. The zero-order valence-corrected chi connectivity index (χ0v) is 17.4. The van der Waals surface area contributed by atoms with Gasteiger partial charge in [0.15, 0.2) is 17.4 Å². The Balaban J connectivity index is 1.54.